The highest BCUT2D eigenvalue weighted by molar-refractivity contribution is 6.38. The van der Waals surface area contributed by atoms with Gasteiger partial charge in [0.25, 0.3) is 0 Å². The van der Waals surface area contributed by atoms with Crippen molar-refractivity contribution in [3.63, 3.8) is 0 Å². The monoisotopic (exact) mass is 300 g/mol. The zero-order valence-electron chi connectivity index (χ0n) is 10.1. The molecule has 0 unspecified atom stereocenters. The summed E-state index contributed by atoms with van der Waals surface area (Å²) in [6, 6.07) is 4.95. The summed E-state index contributed by atoms with van der Waals surface area (Å²) in [5.74, 6) is -0.854. The molecular formula is C11H10Cl2N4O2. The summed E-state index contributed by atoms with van der Waals surface area (Å²) in [5.41, 5.74) is -0.911. The lowest BCUT2D eigenvalue weighted by Crippen LogP contribution is -2.37. The van der Waals surface area contributed by atoms with Crippen molar-refractivity contribution in [2.75, 3.05) is 0 Å². The molecule has 1 aromatic heterocycles. The summed E-state index contributed by atoms with van der Waals surface area (Å²) >= 11 is 12.2. The molecule has 2 rings (SSSR count). The van der Waals surface area contributed by atoms with Crippen molar-refractivity contribution in [3.05, 3.63) is 28.2 Å². The Labute approximate surface area is 118 Å². The van der Waals surface area contributed by atoms with Crippen molar-refractivity contribution in [2.45, 2.75) is 19.4 Å². The van der Waals surface area contributed by atoms with Crippen LogP contribution in [-0.4, -0.2) is 31.3 Å². The van der Waals surface area contributed by atoms with E-state index < -0.39 is 11.5 Å². The number of hydrogen-bond acceptors (Lipinski definition) is 4. The lowest BCUT2D eigenvalue weighted by molar-refractivity contribution is -0.146. The van der Waals surface area contributed by atoms with Gasteiger partial charge in [0.15, 0.2) is 11.4 Å². The van der Waals surface area contributed by atoms with Gasteiger partial charge < -0.3 is 5.11 Å². The summed E-state index contributed by atoms with van der Waals surface area (Å²) in [4.78, 5) is 11.3. The molecule has 8 heteroatoms. The van der Waals surface area contributed by atoms with E-state index in [-0.39, 0.29) is 5.82 Å². The van der Waals surface area contributed by atoms with E-state index in [1.165, 1.54) is 18.5 Å². The van der Waals surface area contributed by atoms with E-state index in [0.29, 0.717) is 15.6 Å². The van der Waals surface area contributed by atoms with Crippen LogP contribution in [0.4, 0.5) is 0 Å². The first-order chi connectivity index (χ1) is 8.85. The van der Waals surface area contributed by atoms with Gasteiger partial charge in [-0.25, -0.2) is 9.48 Å². The maximum atomic E-state index is 11.3. The minimum atomic E-state index is -1.32. The predicted molar refractivity (Wildman–Crippen MR) is 70.2 cm³/mol. The number of carboxylic acid groups (broad SMARTS) is 1. The maximum Gasteiger partial charge on any atom is 0.331 e. The molecule has 0 spiro atoms. The minimum Gasteiger partial charge on any atom is -0.479 e. The highest BCUT2D eigenvalue weighted by Gasteiger charge is 2.34. The van der Waals surface area contributed by atoms with E-state index >= 15 is 0 Å². The molecule has 0 bridgehead atoms. The van der Waals surface area contributed by atoms with Crippen molar-refractivity contribution in [3.8, 4) is 11.4 Å². The second-order valence-electron chi connectivity index (χ2n) is 4.38. The van der Waals surface area contributed by atoms with Crippen LogP contribution in [0.1, 0.15) is 13.8 Å². The molecule has 1 aromatic carbocycles. The highest BCUT2D eigenvalue weighted by Crippen LogP contribution is 2.34. The molecule has 0 saturated heterocycles. The summed E-state index contributed by atoms with van der Waals surface area (Å²) in [5, 5.41) is 21.0. The molecule has 6 nitrogen and oxygen atoms in total. The largest absolute Gasteiger partial charge is 0.479 e. The quantitative estimate of drug-likeness (QED) is 0.941. The number of benzene rings is 1. The zero-order valence-corrected chi connectivity index (χ0v) is 11.6. The van der Waals surface area contributed by atoms with Gasteiger partial charge in [-0.15, -0.1) is 5.10 Å². The number of carbonyl (C=O) groups is 1. The predicted octanol–water partition coefficient (Wildman–Crippen LogP) is 2.47. The van der Waals surface area contributed by atoms with Crippen LogP contribution in [0.15, 0.2) is 18.2 Å². The highest BCUT2D eigenvalue weighted by atomic mass is 35.5. The Balaban J connectivity index is 2.67. The lowest BCUT2D eigenvalue weighted by atomic mass is 10.1. The number of nitrogens with zero attached hydrogens (tertiary/aromatic N) is 4. The molecule has 0 saturated carbocycles. The van der Waals surface area contributed by atoms with E-state index in [9.17, 15) is 9.90 Å². The number of aromatic nitrogens is 4. The molecule has 0 amide bonds. The number of halogens is 2. The fraction of sp³-hybridized carbons (Fsp3) is 0.273. The van der Waals surface area contributed by atoms with Crippen LogP contribution in [0.3, 0.4) is 0 Å². The van der Waals surface area contributed by atoms with Gasteiger partial charge in [-0.3, -0.25) is 0 Å². The van der Waals surface area contributed by atoms with Crippen molar-refractivity contribution < 1.29 is 9.90 Å². The molecule has 0 aliphatic carbocycles. The molecular weight excluding hydrogens is 291 g/mol. The molecule has 0 fully saturated rings. The lowest BCUT2D eigenvalue weighted by Gasteiger charge is -2.20. The van der Waals surface area contributed by atoms with E-state index in [4.69, 9.17) is 23.2 Å². The fourth-order valence-corrected chi connectivity index (χ4v) is 2.09. The summed E-state index contributed by atoms with van der Waals surface area (Å²) < 4.78 is 1.18. The number of carboxylic acids is 1. The number of aliphatic carboxylic acids is 1. The number of tetrazole rings is 1. The second kappa shape index (κ2) is 4.79. The van der Waals surface area contributed by atoms with Crippen molar-refractivity contribution in [1.82, 2.24) is 20.2 Å². The smallest absolute Gasteiger partial charge is 0.331 e. The van der Waals surface area contributed by atoms with Crippen LogP contribution in [0.5, 0.6) is 0 Å². The van der Waals surface area contributed by atoms with Crippen LogP contribution < -0.4 is 0 Å². The molecule has 2 aromatic rings. The van der Waals surface area contributed by atoms with E-state index in [1.54, 1.807) is 18.2 Å². The molecule has 0 aliphatic heterocycles. The molecule has 1 heterocycles. The topological polar surface area (TPSA) is 80.9 Å². The Morgan fingerprint density at radius 2 is 1.89 bits per heavy atom. The fourth-order valence-electron chi connectivity index (χ4n) is 1.52. The van der Waals surface area contributed by atoms with Gasteiger partial charge in [0, 0.05) is 0 Å². The van der Waals surface area contributed by atoms with Crippen molar-refractivity contribution >= 4 is 29.2 Å². The zero-order chi connectivity index (χ0) is 14.2. The first kappa shape index (κ1) is 13.8. The molecule has 1 N–H and O–H groups in total. The summed E-state index contributed by atoms with van der Waals surface area (Å²) in [6.07, 6.45) is 0. The normalized spacial score (nSPS) is 11.6. The molecule has 0 atom stereocenters. The number of hydrogen-bond donors (Lipinski definition) is 1. The average Bonchev–Trinajstić information content (AvgIpc) is 2.78. The van der Waals surface area contributed by atoms with Crippen LogP contribution in [0, 0.1) is 0 Å². The second-order valence-corrected chi connectivity index (χ2v) is 5.19. The van der Waals surface area contributed by atoms with Gasteiger partial charge in [0.1, 0.15) is 0 Å². The number of rotatable bonds is 3. The van der Waals surface area contributed by atoms with Gasteiger partial charge in [0.2, 0.25) is 0 Å². The van der Waals surface area contributed by atoms with Gasteiger partial charge >= 0.3 is 5.97 Å². The third-order valence-corrected chi connectivity index (χ3v) is 3.34. The van der Waals surface area contributed by atoms with E-state index in [2.05, 4.69) is 15.5 Å². The summed E-state index contributed by atoms with van der Waals surface area (Å²) in [7, 11) is 0. The third kappa shape index (κ3) is 2.29. The minimum absolute atomic E-state index is 0.211. The van der Waals surface area contributed by atoms with Crippen LogP contribution in [0.2, 0.25) is 10.0 Å². The average molecular weight is 301 g/mol. The first-order valence-corrected chi connectivity index (χ1v) is 6.08. The Bertz CT molecular complexity index is 619. The van der Waals surface area contributed by atoms with Gasteiger partial charge in [-0.05, 0) is 36.4 Å². The Morgan fingerprint density at radius 3 is 2.42 bits per heavy atom. The Hall–Kier alpha value is -1.66. The molecule has 0 aliphatic rings. The van der Waals surface area contributed by atoms with Gasteiger partial charge in [0.05, 0.1) is 15.6 Å². The Morgan fingerprint density at radius 1 is 1.32 bits per heavy atom. The standard InChI is InChI=1S/C11H10Cl2N4O2/c1-11(2,10(18)19)17-9(14-15-16-17)8-6(12)4-3-5-7(8)13/h3-5H,1-2H3,(H,18,19). The van der Waals surface area contributed by atoms with Gasteiger partial charge in [-0.1, -0.05) is 29.3 Å². The maximum absolute atomic E-state index is 11.3. The molecule has 19 heavy (non-hydrogen) atoms. The third-order valence-electron chi connectivity index (χ3n) is 2.71. The van der Waals surface area contributed by atoms with Gasteiger partial charge in [-0.2, -0.15) is 0 Å². The van der Waals surface area contributed by atoms with E-state index in [1.807, 2.05) is 0 Å². The van der Waals surface area contributed by atoms with Crippen molar-refractivity contribution in [1.29, 1.82) is 0 Å². The van der Waals surface area contributed by atoms with Crippen LogP contribution in [-0.2, 0) is 10.3 Å². The first-order valence-electron chi connectivity index (χ1n) is 5.32. The van der Waals surface area contributed by atoms with Crippen LogP contribution in [0.25, 0.3) is 11.4 Å². The molecule has 0 radical (unpaired) electrons. The van der Waals surface area contributed by atoms with E-state index in [0.717, 1.165) is 0 Å². The van der Waals surface area contributed by atoms with Crippen LogP contribution >= 0.6 is 23.2 Å². The molecule has 100 valence electrons. The van der Waals surface area contributed by atoms with Crippen molar-refractivity contribution in [2.24, 2.45) is 0 Å². The SMILES string of the molecule is CC(C)(C(=O)O)n1nnnc1-c1c(Cl)cccc1Cl. The Kier molecular flexibility index (Phi) is 3.47. The summed E-state index contributed by atoms with van der Waals surface area (Å²) in [6.45, 7) is 2.97.